The average molecular weight is 404 g/mol. The molecule has 0 aliphatic heterocycles. The first-order valence-corrected chi connectivity index (χ1v) is 9.89. The van der Waals surface area contributed by atoms with Gasteiger partial charge in [0.05, 0.1) is 30.4 Å². The maximum atomic E-state index is 9.18. The van der Waals surface area contributed by atoms with Crippen LogP contribution in [0.4, 0.5) is 0 Å². The lowest BCUT2D eigenvalue weighted by Crippen LogP contribution is -2.17. The van der Waals surface area contributed by atoms with E-state index in [-0.39, 0.29) is 7.47 Å². The van der Waals surface area contributed by atoms with Gasteiger partial charge in [0.25, 0.3) is 0 Å². The highest BCUT2D eigenvalue weighted by Crippen LogP contribution is 2.36. The predicted molar refractivity (Wildman–Crippen MR) is 99.8 cm³/mol. The molecule has 3 aromatic rings. The molecule has 0 spiro atoms. The van der Waals surface area contributed by atoms with Crippen LogP contribution in [-0.4, -0.2) is 30.0 Å². The van der Waals surface area contributed by atoms with E-state index < -0.39 is 8.25 Å². The van der Waals surface area contributed by atoms with E-state index in [1.807, 2.05) is 29.3 Å². The molecule has 1 aliphatic carbocycles. The number of H-pyrrole nitrogens is 1. The summed E-state index contributed by atoms with van der Waals surface area (Å²) in [5, 5.41) is 21.8. The van der Waals surface area contributed by atoms with Crippen molar-refractivity contribution in [2.24, 2.45) is 5.92 Å². The van der Waals surface area contributed by atoms with Crippen LogP contribution in [-0.2, 0) is 9.24 Å². The van der Waals surface area contributed by atoms with Gasteiger partial charge < -0.3 is 9.88 Å². The van der Waals surface area contributed by atoms with E-state index in [1.54, 1.807) is 6.33 Å². The lowest BCUT2D eigenvalue weighted by Gasteiger charge is -2.21. The fraction of sp³-hybridized carbons (Fsp3) is 0.412. The fourth-order valence-corrected chi connectivity index (χ4v) is 3.66. The lowest BCUT2D eigenvalue weighted by molar-refractivity contribution is -0.244. The molecule has 4 rings (SSSR count). The summed E-state index contributed by atoms with van der Waals surface area (Å²) in [5.74, 6) is 0.556. The SMILES string of the molecule is N#CCC(C1CCCC1)n1cc(-c2ncnc3[nH]ccc23)cn1.O=[P+]([O-])OO.[HH]. The molecule has 0 radical (unpaired) electrons. The van der Waals surface area contributed by atoms with E-state index in [0.717, 1.165) is 22.3 Å². The van der Waals surface area contributed by atoms with Crippen LogP contribution in [0.15, 0.2) is 31.0 Å². The van der Waals surface area contributed by atoms with Crippen molar-refractivity contribution in [3.63, 3.8) is 0 Å². The van der Waals surface area contributed by atoms with Gasteiger partial charge in [0.1, 0.15) is 12.0 Å². The van der Waals surface area contributed by atoms with E-state index in [2.05, 4.69) is 30.8 Å². The highest BCUT2D eigenvalue weighted by atomic mass is 31.1. The van der Waals surface area contributed by atoms with Crippen molar-refractivity contribution in [2.45, 2.75) is 38.1 Å². The Morgan fingerprint density at radius 3 is 2.93 bits per heavy atom. The third-order valence-electron chi connectivity index (χ3n) is 4.88. The summed E-state index contributed by atoms with van der Waals surface area (Å²) in [6.07, 6.45) is 12.7. The van der Waals surface area contributed by atoms with Gasteiger partial charge in [-0.15, -0.1) is 0 Å². The quantitative estimate of drug-likeness (QED) is 0.373. The minimum atomic E-state index is -3.04. The monoisotopic (exact) mass is 404 g/mol. The van der Waals surface area contributed by atoms with Gasteiger partial charge in [-0.3, -0.25) is 4.68 Å². The number of aromatic amines is 1. The molecule has 0 saturated heterocycles. The molecular weight excluding hydrogens is 383 g/mol. The Morgan fingerprint density at radius 2 is 2.25 bits per heavy atom. The number of rotatable bonds is 5. The summed E-state index contributed by atoms with van der Waals surface area (Å²) in [5.41, 5.74) is 2.68. The largest absolute Gasteiger partial charge is 0.565 e. The van der Waals surface area contributed by atoms with Crippen LogP contribution < -0.4 is 4.89 Å². The van der Waals surface area contributed by atoms with Crippen LogP contribution in [0.1, 0.15) is 39.6 Å². The lowest BCUT2D eigenvalue weighted by atomic mass is 9.96. The molecule has 0 bridgehead atoms. The Labute approximate surface area is 163 Å². The molecule has 148 valence electrons. The van der Waals surface area contributed by atoms with Crippen molar-refractivity contribution in [1.29, 1.82) is 5.26 Å². The van der Waals surface area contributed by atoms with Gasteiger partial charge >= 0.3 is 8.25 Å². The van der Waals surface area contributed by atoms with Gasteiger partial charge in [0, 0.05) is 29.4 Å². The van der Waals surface area contributed by atoms with Crippen molar-refractivity contribution < 1.29 is 20.8 Å². The Bertz CT molecular complexity index is 982. The maximum Gasteiger partial charge on any atom is 0.521 e. The van der Waals surface area contributed by atoms with Crippen LogP contribution in [0.5, 0.6) is 0 Å². The highest BCUT2D eigenvalue weighted by Gasteiger charge is 2.27. The molecule has 1 aliphatic rings. The van der Waals surface area contributed by atoms with Gasteiger partial charge in [0.2, 0.25) is 0 Å². The van der Waals surface area contributed by atoms with Crippen LogP contribution in [0, 0.1) is 17.2 Å². The Morgan fingerprint density at radius 1 is 1.50 bits per heavy atom. The Kier molecular flexibility index (Phi) is 6.79. The summed E-state index contributed by atoms with van der Waals surface area (Å²) in [7, 11) is -3.04. The maximum absolute atomic E-state index is 9.18. The summed E-state index contributed by atoms with van der Waals surface area (Å²) < 4.78 is 13.6. The van der Waals surface area contributed by atoms with Crippen LogP contribution in [0.25, 0.3) is 22.3 Å². The van der Waals surface area contributed by atoms with Gasteiger partial charge in [-0.05, 0) is 29.4 Å². The van der Waals surface area contributed by atoms with E-state index in [0.29, 0.717) is 12.3 Å². The second kappa shape index (κ2) is 9.48. The van der Waals surface area contributed by atoms with Crippen LogP contribution in [0.3, 0.4) is 0 Å². The van der Waals surface area contributed by atoms with Gasteiger partial charge in [-0.25, -0.2) is 15.2 Å². The second-order valence-electron chi connectivity index (χ2n) is 6.45. The zero-order valence-electron chi connectivity index (χ0n) is 14.9. The van der Waals surface area contributed by atoms with Crippen molar-refractivity contribution in [1.82, 2.24) is 24.7 Å². The topological polar surface area (TPSA) is 153 Å². The minimum absolute atomic E-state index is 0. The zero-order chi connectivity index (χ0) is 19.9. The molecule has 3 heterocycles. The molecule has 2 atom stereocenters. The first-order chi connectivity index (χ1) is 13.6. The van der Waals surface area contributed by atoms with Crippen molar-refractivity contribution in [3.8, 4) is 17.3 Å². The summed E-state index contributed by atoms with van der Waals surface area (Å²) >= 11 is 0. The Hall–Kier alpha value is -2.70. The number of fused-ring (bicyclic) bond motifs is 1. The molecule has 11 heteroatoms. The molecule has 0 amide bonds. The smallest absolute Gasteiger partial charge is 0.521 e. The predicted octanol–water partition coefficient (Wildman–Crippen LogP) is 3.21. The van der Waals surface area contributed by atoms with Crippen molar-refractivity contribution >= 4 is 19.3 Å². The molecule has 1 fully saturated rings. The normalized spacial score (nSPS) is 15.7. The zero-order valence-corrected chi connectivity index (χ0v) is 15.8. The van der Waals surface area contributed by atoms with E-state index in [9.17, 15) is 5.26 Å². The van der Waals surface area contributed by atoms with Gasteiger partial charge in [0.15, 0.2) is 0 Å². The second-order valence-corrected chi connectivity index (χ2v) is 7.06. The van der Waals surface area contributed by atoms with Crippen LogP contribution in [0.2, 0.25) is 0 Å². The highest BCUT2D eigenvalue weighted by molar-refractivity contribution is 7.30. The van der Waals surface area contributed by atoms with E-state index in [4.69, 9.17) is 14.7 Å². The third-order valence-corrected chi connectivity index (χ3v) is 5.01. The first-order valence-electron chi connectivity index (χ1n) is 8.79. The summed E-state index contributed by atoms with van der Waals surface area (Å²) in [4.78, 5) is 20.7. The Balaban J connectivity index is 0.000000450. The fourth-order valence-electron chi connectivity index (χ4n) is 3.66. The standard InChI is InChI=1S/C17H18N6.HO4P.H2/c18-7-5-15(12-3-1-2-4-12)23-10-13(9-22-23)16-14-6-8-19-17(14)21-11-20-16;1-4-5(2)3;/h6,8-12,15H,1-5H2,(H,19,20,21);1H;1H. The molecule has 10 nitrogen and oxygen atoms in total. The summed E-state index contributed by atoms with van der Waals surface area (Å²) in [6.45, 7) is 0. The van der Waals surface area contributed by atoms with Crippen molar-refractivity contribution in [3.05, 3.63) is 31.0 Å². The average Bonchev–Trinajstić information content (AvgIpc) is 3.47. The molecule has 0 aromatic carbocycles. The van der Waals surface area contributed by atoms with Gasteiger partial charge in [-0.1, -0.05) is 12.8 Å². The molecule has 2 unspecified atom stereocenters. The first kappa shape index (κ1) is 20.0. The number of hydrogen-bond acceptors (Lipinski definition) is 8. The molecular formula is C17H21N6O4P. The van der Waals surface area contributed by atoms with Crippen molar-refractivity contribution in [2.75, 3.05) is 0 Å². The third kappa shape index (κ3) is 4.58. The molecule has 28 heavy (non-hydrogen) atoms. The number of nitrogens with one attached hydrogen (secondary N) is 1. The minimum Gasteiger partial charge on any atom is -0.565 e. The molecule has 2 N–H and O–H groups in total. The van der Waals surface area contributed by atoms with E-state index >= 15 is 0 Å². The molecule has 3 aromatic heterocycles. The molecule has 1 saturated carbocycles. The summed E-state index contributed by atoms with van der Waals surface area (Å²) in [6, 6.07) is 4.47. The number of hydrogen-bond donors (Lipinski definition) is 2. The van der Waals surface area contributed by atoms with Crippen LogP contribution >= 0.6 is 8.25 Å². The number of nitriles is 1. The van der Waals surface area contributed by atoms with E-state index in [1.165, 1.54) is 25.7 Å². The van der Waals surface area contributed by atoms with Gasteiger partial charge in [-0.2, -0.15) is 10.4 Å². The number of aromatic nitrogens is 5. The number of nitrogens with zero attached hydrogens (tertiary/aromatic N) is 5.